The van der Waals surface area contributed by atoms with Gasteiger partial charge in [0, 0.05) is 31.2 Å². The summed E-state index contributed by atoms with van der Waals surface area (Å²) in [6.07, 6.45) is 4.52. The molecule has 0 atom stereocenters. The predicted molar refractivity (Wildman–Crippen MR) is 75.1 cm³/mol. The lowest BCUT2D eigenvalue weighted by molar-refractivity contribution is 0.331. The van der Waals surface area contributed by atoms with Gasteiger partial charge in [-0.2, -0.15) is 0 Å². The minimum absolute atomic E-state index is 0.244. The molecule has 0 fully saturated rings. The van der Waals surface area contributed by atoms with Crippen LogP contribution in [0.1, 0.15) is 11.1 Å². The second-order valence-corrected chi connectivity index (χ2v) is 4.69. The van der Waals surface area contributed by atoms with Crippen LogP contribution in [0.5, 0.6) is 0 Å². The highest BCUT2D eigenvalue weighted by atomic mass is 19.1. The number of benzene rings is 1. The fraction of sp³-hybridized carbons (Fsp3) is 0.267. The Morgan fingerprint density at radius 3 is 2.68 bits per heavy atom. The number of hydrogen-bond acceptors (Lipinski definition) is 3. The molecule has 1 aromatic heterocycles. The number of rotatable bonds is 5. The van der Waals surface area contributed by atoms with Crippen LogP contribution in [0.15, 0.2) is 42.7 Å². The predicted octanol–water partition coefficient (Wildman–Crippen LogP) is 2.48. The molecule has 0 aliphatic heterocycles. The molecule has 19 heavy (non-hydrogen) atoms. The molecule has 0 saturated heterocycles. The molecule has 0 bridgehead atoms. The second-order valence-electron chi connectivity index (χ2n) is 4.69. The summed E-state index contributed by atoms with van der Waals surface area (Å²) < 4.78 is 13.2. The monoisotopic (exact) mass is 259 g/mol. The van der Waals surface area contributed by atoms with E-state index in [4.69, 9.17) is 5.73 Å². The van der Waals surface area contributed by atoms with Gasteiger partial charge in [0.25, 0.3) is 0 Å². The number of aromatic nitrogens is 1. The smallest absolute Gasteiger partial charge is 0.123 e. The molecule has 0 amide bonds. The first-order valence-corrected chi connectivity index (χ1v) is 6.26. The van der Waals surface area contributed by atoms with Gasteiger partial charge in [-0.3, -0.25) is 4.98 Å². The first-order valence-electron chi connectivity index (χ1n) is 6.26. The lowest BCUT2D eigenvalue weighted by Gasteiger charge is -2.17. The van der Waals surface area contributed by atoms with Crippen molar-refractivity contribution < 1.29 is 4.39 Å². The second kappa shape index (κ2) is 6.29. The number of nitrogens with two attached hydrogens (primary N) is 1. The Hall–Kier alpha value is -1.94. The summed E-state index contributed by atoms with van der Waals surface area (Å²) in [7, 11) is 2.01. The van der Waals surface area contributed by atoms with Crippen LogP contribution in [-0.2, 0) is 13.0 Å². The number of halogens is 1. The molecule has 0 aliphatic rings. The minimum Gasteiger partial charge on any atom is -0.398 e. The molecule has 2 rings (SSSR count). The van der Waals surface area contributed by atoms with Crippen molar-refractivity contribution >= 4 is 5.69 Å². The zero-order valence-corrected chi connectivity index (χ0v) is 11.0. The van der Waals surface area contributed by atoms with E-state index in [1.165, 1.54) is 17.7 Å². The number of nitrogens with zero attached hydrogens (tertiary/aromatic N) is 2. The van der Waals surface area contributed by atoms with Crippen LogP contribution in [0.25, 0.3) is 0 Å². The fourth-order valence-corrected chi connectivity index (χ4v) is 1.95. The summed E-state index contributed by atoms with van der Waals surface area (Å²) in [6, 6.07) is 8.50. The maximum Gasteiger partial charge on any atom is 0.123 e. The van der Waals surface area contributed by atoms with Crippen molar-refractivity contribution in [3.05, 3.63) is 59.7 Å². The molecule has 0 saturated carbocycles. The molecular weight excluding hydrogens is 241 g/mol. The van der Waals surface area contributed by atoms with Crippen molar-refractivity contribution in [3.8, 4) is 0 Å². The van der Waals surface area contributed by atoms with Gasteiger partial charge in [0.05, 0.1) is 0 Å². The van der Waals surface area contributed by atoms with E-state index in [1.54, 1.807) is 18.5 Å². The zero-order chi connectivity index (χ0) is 13.7. The van der Waals surface area contributed by atoms with Gasteiger partial charge in [0.2, 0.25) is 0 Å². The van der Waals surface area contributed by atoms with Crippen molar-refractivity contribution in [1.82, 2.24) is 9.88 Å². The number of likely N-dealkylation sites (N-methyl/N-ethyl adjacent to an activating group) is 1. The highest BCUT2D eigenvalue weighted by Gasteiger charge is 2.05. The average Bonchev–Trinajstić information content (AvgIpc) is 2.42. The topological polar surface area (TPSA) is 42.2 Å². The quantitative estimate of drug-likeness (QED) is 0.839. The molecule has 3 nitrogen and oxygen atoms in total. The number of pyridine rings is 1. The third-order valence-corrected chi connectivity index (χ3v) is 3.08. The molecule has 100 valence electrons. The van der Waals surface area contributed by atoms with Crippen LogP contribution >= 0.6 is 0 Å². The maximum absolute atomic E-state index is 13.2. The van der Waals surface area contributed by atoms with Gasteiger partial charge in [-0.15, -0.1) is 0 Å². The summed E-state index contributed by atoms with van der Waals surface area (Å²) in [4.78, 5) is 6.12. The van der Waals surface area contributed by atoms with Crippen LogP contribution in [0, 0.1) is 5.82 Å². The van der Waals surface area contributed by atoms with Crippen LogP contribution in [0.4, 0.5) is 10.1 Å². The molecule has 0 unspecified atom stereocenters. The van der Waals surface area contributed by atoms with Crippen LogP contribution in [0.3, 0.4) is 0 Å². The van der Waals surface area contributed by atoms with E-state index in [0.29, 0.717) is 12.2 Å². The van der Waals surface area contributed by atoms with E-state index in [1.807, 2.05) is 19.2 Å². The third-order valence-electron chi connectivity index (χ3n) is 3.08. The fourth-order valence-electron chi connectivity index (χ4n) is 1.95. The Morgan fingerprint density at radius 1 is 1.21 bits per heavy atom. The summed E-state index contributed by atoms with van der Waals surface area (Å²) >= 11 is 0. The van der Waals surface area contributed by atoms with Gasteiger partial charge in [0.1, 0.15) is 5.82 Å². The number of hydrogen-bond donors (Lipinski definition) is 1. The van der Waals surface area contributed by atoms with Gasteiger partial charge < -0.3 is 10.6 Å². The Bertz CT molecular complexity index is 528. The zero-order valence-electron chi connectivity index (χ0n) is 11.0. The van der Waals surface area contributed by atoms with Crippen LogP contribution < -0.4 is 5.73 Å². The van der Waals surface area contributed by atoms with Crippen LogP contribution in [0.2, 0.25) is 0 Å². The standard InChI is InChI=1S/C15H18FN3/c1-19(9-6-12-4-7-18-8-5-12)11-13-10-14(16)2-3-15(13)17/h2-5,7-8,10H,6,9,11,17H2,1H3. The highest BCUT2D eigenvalue weighted by Crippen LogP contribution is 2.15. The Morgan fingerprint density at radius 2 is 1.95 bits per heavy atom. The number of anilines is 1. The SMILES string of the molecule is CN(CCc1ccncc1)Cc1cc(F)ccc1N. The molecule has 0 spiro atoms. The molecule has 4 heteroatoms. The van der Waals surface area contributed by atoms with Crippen molar-refractivity contribution in [1.29, 1.82) is 0 Å². The number of nitrogen functional groups attached to an aromatic ring is 1. The van der Waals surface area contributed by atoms with Crippen molar-refractivity contribution in [2.75, 3.05) is 19.3 Å². The largest absolute Gasteiger partial charge is 0.398 e. The third kappa shape index (κ3) is 4.03. The van der Waals surface area contributed by atoms with Gasteiger partial charge in [-0.25, -0.2) is 4.39 Å². The minimum atomic E-state index is -0.244. The normalized spacial score (nSPS) is 10.9. The van der Waals surface area contributed by atoms with E-state index >= 15 is 0 Å². The van der Waals surface area contributed by atoms with Gasteiger partial charge in [-0.05, 0) is 54.9 Å². The van der Waals surface area contributed by atoms with Gasteiger partial charge >= 0.3 is 0 Å². The molecular formula is C15H18FN3. The molecule has 0 aliphatic carbocycles. The molecule has 1 aromatic carbocycles. The van der Waals surface area contributed by atoms with E-state index in [-0.39, 0.29) is 5.82 Å². The summed E-state index contributed by atoms with van der Waals surface area (Å²) in [5, 5.41) is 0. The molecule has 1 heterocycles. The Labute approximate surface area is 112 Å². The van der Waals surface area contributed by atoms with Crippen molar-refractivity contribution in [2.24, 2.45) is 0 Å². The van der Waals surface area contributed by atoms with E-state index < -0.39 is 0 Å². The highest BCUT2D eigenvalue weighted by molar-refractivity contribution is 5.46. The van der Waals surface area contributed by atoms with E-state index in [2.05, 4.69) is 9.88 Å². The summed E-state index contributed by atoms with van der Waals surface area (Å²) in [5.74, 6) is -0.244. The molecule has 2 N–H and O–H groups in total. The molecule has 2 aromatic rings. The van der Waals surface area contributed by atoms with E-state index in [9.17, 15) is 4.39 Å². The van der Waals surface area contributed by atoms with Crippen LogP contribution in [-0.4, -0.2) is 23.5 Å². The van der Waals surface area contributed by atoms with Crippen molar-refractivity contribution in [3.63, 3.8) is 0 Å². The Balaban J connectivity index is 1.90. The maximum atomic E-state index is 13.2. The molecule has 0 radical (unpaired) electrons. The lowest BCUT2D eigenvalue weighted by Crippen LogP contribution is -2.21. The van der Waals surface area contributed by atoms with Gasteiger partial charge in [0.15, 0.2) is 0 Å². The summed E-state index contributed by atoms with van der Waals surface area (Å²) in [6.45, 7) is 1.54. The Kier molecular flexibility index (Phi) is 4.47. The summed E-state index contributed by atoms with van der Waals surface area (Å²) in [5.41, 5.74) is 8.55. The first-order chi connectivity index (χ1) is 9.15. The van der Waals surface area contributed by atoms with E-state index in [0.717, 1.165) is 18.5 Å². The van der Waals surface area contributed by atoms with Gasteiger partial charge in [-0.1, -0.05) is 0 Å². The van der Waals surface area contributed by atoms with Crippen molar-refractivity contribution in [2.45, 2.75) is 13.0 Å². The first kappa shape index (κ1) is 13.5. The lowest BCUT2D eigenvalue weighted by atomic mass is 10.1. The average molecular weight is 259 g/mol.